The Labute approximate surface area is 186 Å². The predicted octanol–water partition coefficient (Wildman–Crippen LogP) is 5.08. The zero-order valence-corrected chi connectivity index (χ0v) is 24.6. The second kappa shape index (κ2) is 11.3. The minimum absolute atomic E-state index is 0.216. The molecule has 0 aromatic rings. The van der Waals surface area contributed by atoms with E-state index in [2.05, 4.69) is 66.2 Å². The van der Waals surface area contributed by atoms with Gasteiger partial charge in [-0.15, -0.1) is 0 Å². The summed E-state index contributed by atoms with van der Waals surface area (Å²) in [6.07, 6.45) is 2.36. The molecule has 0 rings (SSSR count). The van der Waals surface area contributed by atoms with E-state index in [1.54, 1.807) is 0 Å². The van der Waals surface area contributed by atoms with Gasteiger partial charge in [-0.05, 0) is 70.3 Å². The second-order valence-electron chi connectivity index (χ2n) is 10.5. The van der Waals surface area contributed by atoms with Crippen LogP contribution in [0.3, 0.4) is 0 Å². The molecule has 0 saturated carbocycles. The molecule has 0 fully saturated rings. The van der Waals surface area contributed by atoms with Crippen LogP contribution >= 0.6 is 0 Å². The summed E-state index contributed by atoms with van der Waals surface area (Å²) in [7, 11) is -8.90. The van der Waals surface area contributed by atoms with Crippen LogP contribution in [-0.2, 0) is 26.7 Å². The lowest BCUT2D eigenvalue weighted by Gasteiger charge is -2.44. The number of hydrogen-bond acceptors (Lipinski definition) is 6. The van der Waals surface area contributed by atoms with Crippen molar-refractivity contribution in [2.75, 3.05) is 6.61 Å². The van der Waals surface area contributed by atoms with Crippen LogP contribution in [-0.4, -0.2) is 57.4 Å². The van der Waals surface area contributed by atoms with Gasteiger partial charge in [0.05, 0.1) is 6.61 Å². The van der Waals surface area contributed by atoms with E-state index in [1.807, 2.05) is 6.55 Å². The maximum Gasteiger partial charge on any atom is 0.466 e. The van der Waals surface area contributed by atoms with Crippen molar-refractivity contribution < 1.29 is 31.8 Å². The summed E-state index contributed by atoms with van der Waals surface area (Å²) in [5, 5.41) is 8.60. The van der Waals surface area contributed by atoms with E-state index >= 15 is 0 Å². The average Bonchev–Trinajstić information content (AvgIpc) is 2.43. The number of rotatable bonds is 13. The van der Waals surface area contributed by atoms with Gasteiger partial charge in [0.1, 0.15) is 0 Å². The Kier molecular flexibility index (Phi) is 11.1. The van der Waals surface area contributed by atoms with Gasteiger partial charge in [-0.3, -0.25) is 0 Å². The van der Waals surface area contributed by atoms with Gasteiger partial charge in [0.25, 0.3) is 0 Å². The monoisotopic (exact) mass is 494 g/mol. The molecule has 0 radical (unpaired) electrons. The van der Waals surface area contributed by atoms with Gasteiger partial charge < -0.3 is 22.2 Å². The van der Waals surface area contributed by atoms with E-state index in [0.717, 1.165) is 12.2 Å². The van der Waals surface area contributed by atoms with Crippen LogP contribution in [0, 0.1) is 5.92 Å². The molecule has 1 atom stereocenters. The van der Waals surface area contributed by atoms with E-state index < -0.39 is 45.7 Å². The summed E-state index contributed by atoms with van der Waals surface area (Å²) in [4.78, 5) is 22.2. The first-order chi connectivity index (χ1) is 13.3. The first-order valence-corrected chi connectivity index (χ1v) is 22.5. The highest BCUT2D eigenvalue weighted by atomic mass is 28.5. The Morgan fingerprint density at radius 3 is 1.67 bits per heavy atom. The topological polar surface area (TPSA) is 91.3 Å². The highest BCUT2D eigenvalue weighted by Crippen LogP contribution is 2.37. The highest BCUT2D eigenvalue weighted by molar-refractivity contribution is 6.90. The molecule has 0 heterocycles. The minimum atomic E-state index is -2.85. The van der Waals surface area contributed by atoms with E-state index in [0.29, 0.717) is 12.3 Å². The van der Waals surface area contributed by atoms with Gasteiger partial charge in [0.2, 0.25) is 0 Å². The summed E-state index contributed by atoms with van der Waals surface area (Å²) >= 11 is 0. The number of carboxylic acids is 1. The summed E-state index contributed by atoms with van der Waals surface area (Å²) in [6, 6.07) is 0. The zero-order chi connectivity index (χ0) is 24.0. The number of carbonyl (C=O) groups excluding carboxylic acids is 1. The van der Waals surface area contributed by atoms with Gasteiger partial charge in [-0.1, -0.05) is 13.8 Å². The highest BCUT2D eigenvalue weighted by Gasteiger charge is 2.49. The largest absolute Gasteiger partial charge is 0.478 e. The van der Waals surface area contributed by atoms with Gasteiger partial charge in [-0.25, -0.2) is 9.59 Å². The Hall–Kier alpha value is -0.572. The molecule has 0 saturated heterocycles. The smallest absolute Gasteiger partial charge is 0.466 e. The fraction of sp³-hybridized carbons (Fsp3) is 0.789. The number of ether oxygens (including phenoxy) is 1. The number of hydrogen-bond donors (Lipinski definition) is 1. The SMILES string of the molecule is CC(C)C(CCOC(=O)/C=C/C(=O)O)[Si](C)(C)O[Si](C)(O[Si](C)(C)C)O[Si](C)(C)C. The molecular weight excluding hydrogens is 453 g/mol. The maximum absolute atomic E-state index is 11.7. The van der Waals surface area contributed by atoms with Crippen LogP contribution < -0.4 is 0 Å². The molecule has 0 bridgehead atoms. The predicted molar refractivity (Wildman–Crippen MR) is 130 cm³/mol. The minimum Gasteiger partial charge on any atom is -0.478 e. The molecule has 30 heavy (non-hydrogen) atoms. The Morgan fingerprint density at radius 1 is 0.833 bits per heavy atom. The molecule has 176 valence electrons. The normalized spacial score (nSPS) is 14.9. The average molecular weight is 495 g/mol. The fourth-order valence-corrected chi connectivity index (χ4v) is 21.1. The van der Waals surface area contributed by atoms with Gasteiger partial charge in [0.15, 0.2) is 25.0 Å². The molecule has 0 spiro atoms. The molecule has 11 heteroatoms. The Bertz CT molecular complexity index is 591. The van der Waals surface area contributed by atoms with Crippen LogP contribution in [0.5, 0.6) is 0 Å². The molecule has 0 aromatic carbocycles. The van der Waals surface area contributed by atoms with Crippen molar-refractivity contribution in [1.29, 1.82) is 0 Å². The van der Waals surface area contributed by atoms with Crippen molar-refractivity contribution >= 4 is 45.7 Å². The van der Waals surface area contributed by atoms with Crippen LogP contribution in [0.15, 0.2) is 12.2 Å². The lowest BCUT2D eigenvalue weighted by Crippen LogP contribution is -2.60. The zero-order valence-electron chi connectivity index (χ0n) is 20.6. The molecule has 0 aliphatic rings. The lowest BCUT2D eigenvalue weighted by atomic mass is 10.1. The number of carboxylic acid groups (broad SMARTS) is 1. The molecular formula is C19H42O7Si4. The molecule has 0 aliphatic carbocycles. The van der Waals surface area contributed by atoms with Gasteiger partial charge in [0, 0.05) is 18.7 Å². The van der Waals surface area contributed by atoms with Crippen LogP contribution in [0.4, 0.5) is 0 Å². The van der Waals surface area contributed by atoms with Crippen molar-refractivity contribution in [3.8, 4) is 0 Å². The van der Waals surface area contributed by atoms with E-state index in [-0.39, 0.29) is 12.1 Å². The number of aliphatic carboxylic acids is 1. The first kappa shape index (κ1) is 29.4. The van der Waals surface area contributed by atoms with Crippen LogP contribution in [0.1, 0.15) is 20.3 Å². The van der Waals surface area contributed by atoms with Crippen molar-refractivity contribution in [3.05, 3.63) is 12.2 Å². The van der Waals surface area contributed by atoms with Crippen molar-refractivity contribution in [1.82, 2.24) is 0 Å². The summed E-state index contributed by atoms with van der Waals surface area (Å²) in [5.41, 5.74) is 0.219. The van der Waals surface area contributed by atoms with Crippen molar-refractivity contribution in [2.45, 2.75) is 84.7 Å². The first-order valence-electron chi connectivity index (χ1n) is 10.4. The summed E-state index contributed by atoms with van der Waals surface area (Å²) in [6.45, 7) is 23.8. The molecule has 1 unspecified atom stereocenters. The van der Waals surface area contributed by atoms with E-state index in [1.165, 1.54) is 0 Å². The molecule has 0 aromatic heterocycles. The van der Waals surface area contributed by atoms with Crippen LogP contribution in [0.25, 0.3) is 0 Å². The third-order valence-corrected chi connectivity index (χ3v) is 18.4. The van der Waals surface area contributed by atoms with Crippen molar-refractivity contribution in [3.63, 3.8) is 0 Å². The summed E-state index contributed by atoms with van der Waals surface area (Å²) in [5.74, 6) is -1.50. The lowest BCUT2D eigenvalue weighted by molar-refractivity contribution is -0.138. The standard InChI is InChI=1S/C19H42O7Si4/c1-16(2)17(14-15-23-19(22)13-12-18(20)21)29(9,10)26-30(11,24-27(3,4)5)25-28(6,7)8/h12-13,16-17H,14-15H2,1-11H3,(H,20,21)/b13-12+. The Balaban J connectivity index is 5.39. The molecule has 0 aliphatic heterocycles. The third-order valence-electron chi connectivity index (χ3n) is 4.16. The van der Waals surface area contributed by atoms with E-state index in [4.69, 9.17) is 22.2 Å². The van der Waals surface area contributed by atoms with Gasteiger partial charge in [-0.2, -0.15) is 0 Å². The molecule has 7 nitrogen and oxygen atoms in total. The van der Waals surface area contributed by atoms with Crippen molar-refractivity contribution in [2.24, 2.45) is 5.92 Å². The quantitative estimate of drug-likeness (QED) is 0.217. The molecule has 1 N–H and O–H groups in total. The number of carbonyl (C=O) groups is 2. The van der Waals surface area contributed by atoms with Crippen LogP contribution in [0.2, 0.25) is 64.5 Å². The second-order valence-corrected chi connectivity index (χ2v) is 27.0. The molecule has 0 amide bonds. The Morgan fingerprint density at radius 2 is 1.30 bits per heavy atom. The maximum atomic E-state index is 11.7. The summed E-state index contributed by atoms with van der Waals surface area (Å²) < 4.78 is 25.0. The fourth-order valence-electron chi connectivity index (χ4n) is 3.69. The number of esters is 1. The van der Waals surface area contributed by atoms with E-state index in [9.17, 15) is 9.59 Å². The van der Waals surface area contributed by atoms with Gasteiger partial charge >= 0.3 is 20.7 Å². The third kappa shape index (κ3) is 13.0.